The van der Waals surface area contributed by atoms with Gasteiger partial charge in [-0.05, 0) is 25.8 Å². The van der Waals surface area contributed by atoms with E-state index in [4.69, 9.17) is 0 Å². The van der Waals surface area contributed by atoms with Crippen LogP contribution in [0.25, 0.3) is 0 Å². The maximum atomic E-state index is 12.8. The predicted octanol–water partition coefficient (Wildman–Crippen LogP) is 2.93. The zero-order valence-corrected chi connectivity index (χ0v) is 11.8. The number of likely N-dealkylation sites (tertiary alicyclic amines) is 1. The van der Waals surface area contributed by atoms with E-state index in [-0.39, 0.29) is 13.0 Å². The zero-order valence-electron chi connectivity index (χ0n) is 11.8. The number of carbonyl (C=O) groups is 1. The third kappa shape index (κ3) is 3.65. The maximum absolute atomic E-state index is 12.8. The van der Waals surface area contributed by atoms with E-state index in [1.165, 1.54) is 11.1 Å². The Morgan fingerprint density at radius 2 is 2.29 bits per heavy atom. The summed E-state index contributed by atoms with van der Waals surface area (Å²) in [7, 11) is 0. The number of alkyl halides is 3. The van der Waals surface area contributed by atoms with E-state index >= 15 is 0 Å². The largest absolute Gasteiger partial charge is 0.393 e. The molecule has 1 fully saturated rings. The highest BCUT2D eigenvalue weighted by molar-refractivity contribution is 5.99. The Morgan fingerprint density at radius 1 is 1.52 bits per heavy atom. The lowest BCUT2D eigenvalue weighted by Gasteiger charge is -2.34. The van der Waals surface area contributed by atoms with Crippen LogP contribution in [0.2, 0.25) is 0 Å². The molecule has 2 rings (SSSR count). The Bertz CT molecular complexity index is 504. The van der Waals surface area contributed by atoms with Crippen molar-refractivity contribution in [2.24, 2.45) is 5.92 Å². The molecule has 1 aliphatic rings. The highest BCUT2D eigenvalue weighted by Gasteiger charge is 2.42. The predicted molar refractivity (Wildman–Crippen MR) is 73.1 cm³/mol. The minimum atomic E-state index is -4.25. The molecule has 1 atom stereocenters. The summed E-state index contributed by atoms with van der Waals surface area (Å²) in [6.07, 6.45) is -0.855. The zero-order chi connectivity index (χ0) is 15.5. The monoisotopic (exact) mass is 301 g/mol. The molecule has 1 aromatic heterocycles. The van der Waals surface area contributed by atoms with Crippen LogP contribution in [0.1, 0.15) is 30.1 Å². The molecule has 1 saturated heterocycles. The topological polar surface area (TPSA) is 45.2 Å². The molecule has 1 N–H and O–H groups in total. The Morgan fingerprint density at radius 3 is 2.95 bits per heavy atom. The van der Waals surface area contributed by atoms with Crippen molar-refractivity contribution in [1.29, 1.82) is 0 Å². The summed E-state index contributed by atoms with van der Waals surface area (Å²) in [5.41, 5.74) is 0.925. The summed E-state index contributed by atoms with van der Waals surface area (Å²) in [6, 6.07) is 1.65. The van der Waals surface area contributed by atoms with E-state index in [0.717, 1.165) is 0 Å². The molecule has 0 radical (unpaired) electrons. The first-order chi connectivity index (χ1) is 9.93. The van der Waals surface area contributed by atoms with Crippen molar-refractivity contribution >= 4 is 11.6 Å². The van der Waals surface area contributed by atoms with Gasteiger partial charge in [0.1, 0.15) is 0 Å². The van der Waals surface area contributed by atoms with Gasteiger partial charge in [0.2, 0.25) is 0 Å². The van der Waals surface area contributed by atoms with Gasteiger partial charge in [-0.3, -0.25) is 9.78 Å². The van der Waals surface area contributed by atoms with E-state index in [1.807, 2.05) is 6.92 Å². The van der Waals surface area contributed by atoms with E-state index in [9.17, 15) is 18.0 Å². The molecule has 1 amide bonds. The molecule has 0 aliphatic carbocycles. The molecule has 7 heteroatoms. The Labute approximate surface area is 121 Å². The van der Waals surface area contributed by atoms with Gasteiger partial charge in [-0.2, -0.15) is 13.2 Å². The van der Waals surface area contributed by atoms with Crippen molar-refractivity contribution in [2.75, 3.05) is 25.0 Å². The number of halogens is 3. The minimum absolute atomic E-state index is 0.0837. The first-order valence-electron chi connectivity index (χ1n) is 6.97. The minimum Gasteiger partial charge on any atom is -0.385 e. The molecular weight excluding hydrogens is 283 g/mol. The summed E-state index contributed by atoms with van der Waals surface area (Å²) in [5, 5.41) is 3.03. The lowest BCUT2D eigenvalue weighted by Crippen LogP contribution is -2.44. The number of hydrogen-bond acceptors (Lipinski definition) is 3. The highest BCUT2D eigenvalue weighted by atomic mass is 19.4. The molecule has 1 aliphatic heterocycles. The highest BCUT2D eigenvalue weighted by Crippen LogP contribution is 2.33. The quantitative estimate of drug-likeness (QED) is 0.933. The normalized spacial score (nSPS) is 19.4. The fourth-order valence-electron chi connectivity index (χ4n) is 2.51. The van der Waals surface area contributed by atoms with Crippen LogP contribution in [0, 0.1) is 5.92 Å². The number of pyridine rings is 1. The lowest BCUT2D eigenvalue weighted by molar-refractivity contribution is -0.184. The van der Waals surface area contributed by atoms with Crippen LogP contribution < -0.4 is 5.32 Å². The van der Waals surface area contributed by atoms with E-state index in [1.54, 1.807) is 12.3 Å². The number of nitrogens with one attached hydrogen (secondary N) is 1. The lowest BCUT2D eigenvalue weighted by atomic mass is 9.97. The maximum Gasteiger partial charge on any atom is 0.393 e. The van der Waals surface area contributed by atoms with Crippen LogP contribution in [-0.4, -0.2) is 41.6 Å². The number of aromatic nitrogens is 1. The van der Waals surface area contributed by atoms with Gasteiger partial charge >= 0.3 is 6.18 Å². The summed E-state index contributed by atoms with van der Waals surface area (Å²) in [4.78, 5) is 17.6. The van der Waals surface area contributed by atoms with Crippen molar-refractivity contribution in [3.8, 4) is 0 Å². The number of carbonyl (C=O) groups excluding carboxylic acids is 1. The molecule has 2 heterocycles. The Hall–Kier alpha value is -1.79. The van der Waals surface area contributed by atoms with Crippen LogP contribution in [0.4, 0.5) is 18.9 Å². The molecule has 1 unspecified atom stereocenters. The molecule has 4 nitrogen and oxygen atoms in total. The molecule has 0 bridgehead atoms. The fraction of sp³-hybridized carbons (Fsp3) is 0.571. The molecule has 0 spiro atoms. The van der Waals surface area contributed by atoms with Gasteiger partial charge in [0.05, 0.1) is 17.2 Å². The van der Waals surface area contributed by atoms with Crippen molar-refractivity contribution in [2.45, 2.75) is 25.9 Å². The van der Waals surface area contributed by atoms with Crippen LogP contribution in [-0.2, 0) is 0 Å². The van der Waals surface area contributed by atoms with E-state index < -0.39 is 18.0 Å². The second-order valence-electron chi connectivity index (χ2n) is 5.08. The Kier molecular flexibility index (Phi) is 4.69. The number of piperidine rings is 1. The van der Waals surface area contributed by atoms with Crippen molar-refractivity contribution in [1.82, 2.24) is 9.88 Å². The van der Waals surface area contributed by atoms with Gasteiger partial charge < -0.3 is 10.2 Å². The van der Waals surface area contributed by atoms with Crippen LogP contribution in [0.5, 0.6) is 0 Å². The summed E-state index contributed by atoms with van der Waals surface area (Å²) >= 11 is 0. The second kappa shape index (κ2) is 6.32. The Balaban J connectivity index is 2.16. The number of amides is 1. The molecule has 1 aromatic rings. The van der Waals surface area contributed by atoms with Crippen molar-refractivity contribution in [3.63, 3.8) is 0 Å². The van der Waals surface area contributed by atoms with Gasteiger partial charge in [0, 0.05) is 32.0 Å². The van der Waals surface area contributed by atoms with Crippen molar-refractivity contribution < 1.29 is 18.0 Å². The molecule has 21 heavy (non-hydrogen) atoms. The van der Waals surface area contributed by atoms with Crippen molar-refractivity contribution in [3.05, 3.63) is 24.0 Å². The number of nitrogens with zero attached hydrogens (tertiary/aromatic N) is 2. The standard InChI is InChI=1S/C14H18F3N3O/c1-2-19-12-5-6-18-8-11(12)13(21)20-7-3-4-10(9-20)14(15,16)17/h5-6,8,10H,2-4,7,9H2,1H3,(H,18,19). The van der Waals surface area contributed by atoms with Crippen LogP contribution in [0.3, 0.4) is 0 Å². The molecule has 116 valence electrons. The smallest absolute Gasteiger partial charge is 0.385 e. The van der Waals surface area contributed by atoms with E-state index in [2.05, 4.69) is 10.3 Å². The third-order valence-corrected chi connectivity index (χ3v) is 3.59. The summed E-state index contributed by atoms with van der Waals surface area (Å²) in [5.74, 6) is -1.83. The summed E-state index contributed by atoms with van der Waals surface area (Å²) in [6.45, 7) is 2.58. The SMILES string of the molecule is CCNc1ccncc1C(=O)N1CCCC(C(F)(F)F)C1. The molecule has 0 saturated carbocycles. The summed E-state index contributed by atoms with van der Waals surface area (Å²) < 4.78 is 38.5. The first-order valence-corrected chi connectivity index (χ1v) is 6.97. The number of anilines is 1. The number of rotatable bonds is 3. The fourth-order valence-corrected chi connectivity index (χ4v) is 2.51. The third-order valence-electron chi connectivity index (χ3n) is 3.59. The average Bonchev–Trinajstić information content (AvgIpc) is 2.47. The van der Waals surface area contributed by atoms with Gasteiger partial charge in [-0.1, -0.05) is 0 Å². The second-order valence-corrected chi connectivity index (χ2v) is 5.08. The molecular formula is C14H18F3N3O. The number of hydrogen-bond donors (Lipinski definition) is 1. The van der Waals surface area contributed by atoms with Crippen LogP contribution in [0.15, 0.2) is 18.5 Å². The average molecular weight is 301 g/mol. The van der Waals surface area contributed by atoms with E-state index in [0.29, 0.717) is 30.8 Å². The van der Waals surface area contributed by atoms with Crippen LogP contribution >= 0.6 is 0 Å². The van der Waals surface area contributed by atoms with Gasteiger partial charge in [0.25, 0.3) is 5.91 Å². The van der Waals surface area contributed by atoms with Gasteiger partial charge in [-0.25, -0.2) is 0 Å². The van der Waals surface area contributed by atoms with Gasteiger partial charge in [0.15, 0.2) is 0 Å². The molecule has 0 aromatic carbocycles. The van der Waals surface area contributed by atoms with Gasteiger partial charge in [-0.15, -0.1) is 0 Å². The first kappa shape index (κ1) is 15.6.